The summed E-state index contributed by atoms with van der Waals surface area (Å²) in [4.78, 5) is 33.1. The number of carbonyl (C=O) groups is 1. The number of pyridine rings is 1. The molecule has 8 nitrogen and oxygen atoms in total. The van der Waals surface area contributed by atoms with Crippen molar-refractivity contribution < 1.29 is 14.3 Å². The first kappa shape index (κ1) is 22.9. The van der Waals surface area contributed by atoms with Gasteiger partial charge in [0.1, 0.15) is 15.8 Å². The minimum Gasteiger partial charge on any atom is -0.385 e. The molecule has 0 aromatic carbocycles. The number of ether oxygens (including phenoxy) is 2. The first-order valence-corrected chi connectivity index (χ1v) is 11.8. The highest BCUT2D eigenvalue weighted by Crippen LogP contribution is 2.33. The van der Waals surface area contributed by atoms with E-state index < -0.39 is 0 Å². The van der Waals surface area contributed by atoms with Gasteiger partial charge in [0.05, 0.1) is 16.6 Å². The Labute approximate surface area is 196 Å². The summed E-state index contributed by atoms with van der Waals surface area (Å²) in [6.45, 7) is 4.23. The molecule has 4 heterocycles. The number of aromatic nitrogens is 2. The van der Waals surface area contributed by atoms with Crippen molar-refractivity contribution in [3.8, 4) is 0 Å². The average molecular weight is 475 g/mol. The molecular formula is C22H26N4O4S2. The Bertz CT molecular complexity index is 1120. The standard InChI is InChI=1S/C22H26N4O4S2/c1-14-6-3-8-25-19(14)24-18(23-13-15-7-4-11-30-15)16(20(25)27)12-17-21(28)26(22(31)32-17)9-5-10-29-2/h3,6,8,12,15,23H,4-5,7,9-11,13H2,1-2H3/b17-12+/t15-/m1/s1. The lowest BCUT2D eigenvalue weighted by molar-refractivity contribution is -0.122. The van der Waals surface area contributed by atoms with Crippen LogP contribution in [0.2, 0.25) is 0 Å². The average Bonchev–Trinajstić information content (AvgIpc) is 3.39. The summed E-state index contributed by atoms with van der Waals surface area (Å²) in [5.74, 6) is 0.249. The van der Waals surface area contributed by atoms with Gasteiger partial charge in [0.15, 0.2) is 0 Å². The van der Waals surface area contributed by atoms with Gasteiger partial charge in [-0.05, 0) is 43.9 Å². The van der Waals surface area contributed by atoms with Crippen LogP contribution in [0.3, 0.4) is 0 Å². The van der Waals surface area contributed by atoms with E-state index in [2.05, 4.69) is 5.32 Å². The molecule has 0 bridgehead atoms. The Kier molecular flexibility index (Phi) is 7.24. The SMILES string of the molecule is COCCCN1C(=O)/C(=C\c2c(NC[C@H]3CCCO3)nc3c(C)cccn3c2=O)SC1=S. The molecule has 1 amide bonds. The summed E-state index contributed by atoms with van der Waals surface area (Å²) in [5.41, 5.74) is 1.57. The van der Waals surface area contributed by atoms with Crippen molar-refractivity contribution in [3.05, 3.63) is 44.7 Å². The van der Waals surface area contributed by atoms with Crippen molar-refractivity contribution >= 4 is 51.7 Å². The maximum Gasteiger partial charge on any atom is 0.267 e. The molecule has 1 N–H and O–H groups in total. The molecule has 0 spiro atoms. The van der Waals surface area contributed by atoms with E-state index in [-0.39, 0.29) is 17.6 Å². The number of nitrogens with zero attached hydrogens (tertiary/aromatic N) is 3. The van der Waals surface area contributed by atoms with E-state index in [1.54, 1.807) is 24.3 Å². The van der Waals surface area contributed by atoms with Crippen LogP contribution in [0.15, 0.2) is 28.0 Å². The van der Waals surface area contributed by atoms with Crippen molar-refractivity contribution in [2.24, 2.45) is 0 Å². The van der Waals surface area contributed by atoms with Crippen LogP contribution in [0.25, 0.3) is 11.7 Å². The Morgan fingerprint density at radius 3 is 3.03 bits per heavy atom. The Balaban J connectivity index is 1.70. The second kappa shape index (κ2) is 10.1. The van der Waals surface area contributed by atoms with Crippen LogP contribution in [-0.4, -0.2) is 64.0 Å². The lowest BCUT2D eigenvalue weighted by Crippen LogP contribution is -2.29. The molecule has 170 valence electrons. The van der Waals surface area contributed by atoms with E-state index in [0.717, 1.165) is 25.0 Å². The molecule has 0 saturated carbocycles. The third kappa shape index (κ3) is 4.73. The highest BCUT2D eigenvalue weighted by atomic mass is 32.2. The number of hydrogen-bond donors (Lipinski definition) is 1. The normalized spacial score (nSPS) is 20.1. The second-order valence-corrected chi connectivity index (χ2v) is 9.44. The van der Waals surface area contributed by atoms with E-state index in [0.29, 0.717) is 52.4 Å². The van der Waals surface area contributed by atoms with Gasteiger partial charge in [0.2, 0.25) is 0 Å². The van der Waals surface area contributed by atoms with Gasteiger partial charge in [-0.1, -0.05) is 30.0 Å². The van der Waals surface area contributed by atoms with Gasteiger partial charge >= 0.3 is 0 Å². The zero-order chi connectivity index (χ0) is 22.7. The number of amides is 1. The number of fused-ring (bicyclic) bond motifs is 1. The topological polar surface area (TPSA) is 85.2 Å². The lowest BCUT2D eigenvalue weighted by atomic mass is 10.2. The fourth-order valence-corrected chi connectivity index (χ4v) is 5.07. The largest absolute Gasteiger partial charge is 0.385 e. The molecule has 2 saturated heterocycles. The highest BCUT2D eigenvalue weighted by Gasteiger charge is 2.32. The quantitative estimate of drug-likeness (QED) is 0.355. The van der Waals surface area contributed by atoms with Gasteiger partial charge in [0, 0.05) is 39.6 Å². The molecule has 32 heavy (non-hydrogen) atoms. The summed E-state index contributed by atoms with van der Waals surface area (Å²) in [6.07, 6.45) is 6.06. The number of aryl methyl sites for hydroxylation is 1. The summed E-state index contributed by atoms with van der Waals surface area (Å²) >= 11 is 6.60. The van der Waals surface area contributed by atoms with E-state index >= 15 is 0 Å². The van der Waals surface area contributed by atoms with E-state index in [1.807, 2.05) is 19.1 Å². The van der Waals surface area contributed by atoms with Crippen LogP contribution in [0.4, 0.5) is 5.82 Å². The van der Waals surface area contributed by atoms with E-state index in [9.17, 15) is 9.59 Å². The smallest absolute Gasteiger partial charge is 0.267 e. The maximum absolute atomic E-state index is 13.4. The van der Waals surface area contributed by atoms with Crippen molar-refractivity contribution in [2.45, 2.75) is 32.3 Å². The van der Waals surface area contributed by atoms with Crippen molar-refractivity contribution in [3.63, 3.8) is 0 Å². The first-order chi connectivity index (χ1) is 15.5. The fourth-order valence-electron chi connectivity index (χ4n) is 3.78. The third-order valence-corrected chi connectivity index (χ3v) is 6.86. The molecule has 10 heteroatoms. The summed E-state index contributed by atoms with van der Waals surface area (Å²) < 4.78 is 12.8. The van der Waals surface area contributed by atoms with Crippen LogP contribution < -0.4 is 10.9 Å². The summed E-state index contributed by atoms with van der Waals surface area (Å²) in [7, 11) is 1.62. The number of methoxy groups -OCH3 is 1. The number of hydrogen-bond acceptors (Lipinski definition) is 8. The molecule has 2 fully saturated rings. The van der Waals surface area contributed by atoms with Crippen LogP contribution in [0.1, 0.15) is 30.4 Å². The van der Waals surface area contributed by atoms with Crippen molar-refractivity contribution in [1.29, 1.82) is 0 Å². The Morgan fingerprint density at radius 2 is 2.28 bits per heavy atom. The lowest BCUT2D eigenvalue weighted by Gasteiger charge is -2.15. The van der Waals surface area contributed by atoms with Crippen LogP contribution >= 0.6 is 24.0 Å². The number of anilines is 1. The number of carbonyl (C=O) groups excluding carboxylic acids is 1. The van der Waals surface area contributed by atoms with Gasteiger partial charge in [-0.25, -0.2) is 4.98 Å². The Hall–Kier alpha value is -2.27. The van der Waals surface area contributed by atoms with Crippen LogP contribution in [0, 0.1) is 6.92 Å². The molecule has 1 atom stereocenters. The Morgan fingerprint density at radius 1 is 1.44 bits per heavy atom. The molecule has 0 unspecified atom stereocenters. The van der Waals surface area contributed by atoms with Gasteiger partial charge in [-0.15, -0.1) is 0 Å². The predicted molar refractivity (Wildman–Crippen MR) is 130 cm³/mol. The second-order valence-electron chi connectivity index (χ2n) is 7.76. The monoisotopic (exact) mass is 474 g/mol. The molecule has 2 aliphatic rings. The number of rotatable bonds is 8. The number of nitrogens with one attached hydrogen (secondary N) is 1. The molecule has 2 aliphatic heterocycles. The van der Waals surface area contributed by atoms with Gasteiger partial charge in [0.25, 0.3) is 11.5 Å². The molecule has 2 aromatic heterocycles. The molecule has 0 radical (unpaired) electrons. The minimum absolute atomic E-state index is 0.0824. The first-order valence-electron chi connectivity index (χ1n) is 10.6. The molecule has 4 rings (SSSR count). The van der Waals surface area contributed by atoms with Gasteiger partial charge < -0.3 is 14.8 Å². The van der Waals surface area contributed by atoms with Gasteiger partial charge in [-0.3, -0.25) is 18.9 Å². The molecule has 0 aliphatic carbocycles. The zero-order valence-corrected chi connectivity index (χ0v) is 19.8. The molecule has 2 aromatic rings. The van der Waals surface area contributed by atoms with Crippen LogP contribution in [0.5, 0.6) is 0 Å². The number of thioether (sulfide) groups is 1. The minimum atomic E-state index is -0.238. The van der Waals surface area contributed by atoms with Crippen LogP contribution in [-0.2, 0) is 14.3 Å². The van der Waals surface area contributed by atoms with E-state index in [4.69, 9.17) is 26.7 Å². The fraction of sp³-hybridized carbons (Fsp3) is 0.455. The van der Waals surface area contributed by atoms with Crippen molar-refractivity contribution in [2.75, 3.05) is 38.7 Å². The zero-order valence-electron chi connectivity index (χ0n) is 18.1. The van der Waals surface area contributed by atoms with Crippen molar-refractivity contribution in [1.82, 2.24) is 14.3 Å². The highest BCUT2D eigenvalue weighted by molar-refractivity contribution is 8.26. The predicted octanol–water partition coefficient (Wildman–Crippen LogP) is 2.83. The summed E-state index contributed by atoms with van der Waals surface area (Å²) in [6, 6.07) is 3.72. The third-order valence-electron chi connectivity index (χ3n) is 5.48. The molecular weight excluding hydrogens is 448 g/mol. The number of thiocarbonyl (C=S) groups is 1. The van der Waals surface area contributed by atoms with Gasteiger partial charge in [-0.2, -0.15) is 0 Å². The summed E-state index contributed by atoms with van der Waals surface area (Å²) in [5, 5.41) is 3.29. The van der Waals surface area contributed by atoms with E-state index in [1.165, 1.54) is 16.2 Å². The maximum atomic E-state index is 13.4.